The fourth-order valence-electron chi connectivity index (χ4n) is 4.79. The molecule has 0 radical (unpaired) electrons. The Morgan fingerprint density at radius 1 is 0.875 bits per heavy atom. The molecule has 3 aromatic heterocycles. The normalized spacial score (nSPS) is 13.8. The second kappa shape index (κ2) is 12.0. The molecule has 1 saturated heterocycles. The van der Waals surface area contributed by atoms with Crippen molar-refractivity contribution in [3.05, 3.63) is 95.3 Å². The van der Waals surface area contributed by atoms with E-state index >= 15 is 0 Å². The third kappa shape index (κ3) is 6.39. The van der Waals surface area contributed by atoms with E-state index < -0.39 is 0 Å². The Morgan fingerprint density at radius 3 is 2.38 bits per heavy atom. The van der Waals surface area contributed by atoms with Gasteiger partial charge in [-0.2, -0.15) is 0 Å². The molecule has 1 aliphatic heterocycles. The number of nitrogens with zero attached hydrogens (tertiary/aromatic N) is 4. The van der Waals surface area contributed by atoms with Gasteiger partial charge in [-0.25, -0.2) is 9.97 Å². The zero-order valence-corrected chi connectivity index (χ0v) is 23.8. The van der Waals surface area contributed by atoms with Crippen LogP contribution in [0.1, 0.15) is 11.8 Å². The van der Waals surface area contributed by atoms with E-state index in [-0.39, 0.29) is 5.91 Å². The van der Waals surface area contributed by atoms with Crippen LogP contribution in [0.25, 0.3) is 21.0 Å². The van der Waals surface area contributed by atoms with Gasteiger partial charge < -0.3 is 15.5 Å². The van der Waals surface area contributed by atoms with E-state index in [2.05, 4.69) is 84.3 Å². The molecule has 9 heteroatoms. The molecule has 1 amide bonds. The molecule has 202 valence electrons. The number of nitrogens with one attached hydrogen (secondary N) is 2. The molecule has 0 spiro atoms. The third-order valence-electron chi connectivity index (χ3n) is 6.82. The largest absolute Gasteiger partial charge is 0.369 e. The topological polar surface area (TPSA) is 73.4 Å². The highest BCUT2D eigenvalue weighted by molar-refractivity contribution is 7.21. The highest BCUT2D eigenvalue weighted by Gasteiger charge is 2.18. The Hall–Kier alpha value is -4.05. The Morgan fingerprint density at radius 2 is 1.65 bits per heavy atom. The van der Waals surface area contributed by atoms with Gasteiger partial charge in [0.25, 0.3) is 0 Å². The first-order chi connectivity index (χ1) is 19.6. The number of hydrogen-bond acceptors (Lipinski definition) is 8. The smallest absolute Gasteiger partial charge is 0.227 e. The van der Waals surface area contributed by atoms with Crippen molar-refractivity contribution in [3.63, 3.8) is 0 Å². The van der Waals surface area contributed by atoms with Gasteiger partial charge in [0.1, 0.15) is 0 Å². The second-order valence-electron chi connectivity index (χ2n) is 9.70. The minimum Gasteiger partial charge on any atom is -0.369 e. The van der Waals surface area contributed by atoms with Crippen molar-refractivity contribution >= 4 is 51.6 Å². The van der Waals surface area contributed by atoms with Gasteiger partial charge in [0.2, 0.25) is 11.9 Å². The number of thiophene rings is 2. The van der Waals surface area contributed by atoms with Crippen molar-refractivity contribution in [1.82, 2.24) is 14.9 Å². The first kappa shape index (κ1) is 26.2. The molecule has 5 aromatic rings. The van der Waals surface area contributed by atoms with Gasteiger partial charge in [0.15, 0.2) is 0 Å². The van der Waals surface area contributed by atoms with Crippen molar-refractivity contribution in [3.8, 4) is 21.0 Å². The minimum atomic E-state index is -0.0904. The van der Waals surface area contributed by atoms with Crippen LogP contribution in [0.3, 0.4) is 0 Å². The SMILES string of the molecule is CC(=O)Nc1ccc(-c2ccnc(Nc3ccc(N4CCN(Cc5ccc(-c6cccs6)s5)CC4)cc3)n2)cc1. The van der Waals surface area contributed by atoms with Crippen LogP contribution in [-0.2, 0) is 11.3 Å². The molecule has 0 aliphatic carbocycles. The van der Waals surface area contributed by atoms with Crippen LogP contribution in [0, 0.1) is 0 Å². The molecule has 0 unspecified atom stereocenters. The summed E-state index contributed by atoms with van der Waals surface area (Å²) in [5.74, 6) is 0.452. The first-order valence-electron chi connectivity index (χ1n) is 13.3. The molecule has 1 aliphatic rings. The lowest BCUT2D eigenvalue weighted by molar-refractivity contribution is -0.114. The van der Waals surface area contributed by atoms with Crippen LogP contribution in [0.15, 0.2) is 90.4 Å². The van der Waals surface area contributed by atoms with Crippen molar-refractivity contribution in [2.24, 2.45) is 0 Å². The lowest BCUT2D eigenvalue weighted by atomic mass is 10.1. The summed E-state index contributed by atoms with van der Waals surface area (Å²) in [7, 11) is 0. The maximum Gasteiger partial charge on any atom is 0.227 e. The maximum absolute atomic E-state index is 11.3. The van der Waals surface area contributed by atoms with Crippen LogP contribution in [0.2, 0.25) is 0 Å². The fraction of sp³-hybridized carbons (Fsp3) is 0.194. The molecule has 2 aromatic carbocycles. The number of rotatable bonds is 8. The van der Waals surface area contributed by atoms with Gasteiger partial charge in [0, 0.05) is 83.1 Å². The predicted molar refractivity (Wildman–Crippen MR) is 167 cm³/mol. The Balaban J connectivity index is 1.02. The van der Waals surface area contributed by atoms with E-state index in [0.29, 0.717) is 5.95 Å². The highest BCUT2D eigenvalue weighted by Crippen LogP contribution is 2.32. The zero-order valence-electron chi connectivity index (χ0n) is 22.2. The fourth-order valence-corrected chi connectivity index (χ4v) is 6.68. The molecule has 1 fully saturated rings. The van der Waals surface area contributed by atoms with Crippen LogP contribution in [-0.4, -0.2) is 47.0 Å². The average Bonchev–Trinajstić information content (AvgIpc) is 3.67. The number of carbonyl (C=O) groups excluding carboxylic acids is 1. The number of hydrogen-bond donors (Lipinski definition) is 2. The maximum atomic E-state index is 11.3. The number of carbonyl (C=O) groups is 1. The molecule has 6 rings (SSSR count). The molecule has 4 heterocycles. The number of anilines is 4. The Bertz CT molecular complexity index is 1560. The molecular formula is C31H30N6OS2. The van der Waals surface area contributed by atoms with Crippen molar-refractivity contribution in [2.45, 2.75) is 13.5 Å². The minimum absolute atomic E-state index is 0.0904. The Labute approximate surface area is 242 Å². The van der Waals surface area contributed by atoms with Gasteiger partial charge in [0.05, 0.1) is 5.69 Å². The van der Waals surface area contributed by atoms with Gasteiger partial charge in [-0.1, -0.05) is 18.2 Å². The summed E-state index contributed by atoms with van der Waals surface area (Å²) in [5, 5.41) is 8.25. The van der Waals surface area contributed by atoms with Gasteiger partial charge in [-0.05, 0) is 66.0 Å². The van der Waals surface area contributed by atoms with E-state index in [4.69, 9.17) is 0 Å². The molecule has 40 heavy (non-hydrogen) atoms. The molecular weight excluding hydrogens is 537 g/mol. The number of amides is 1. The number of piperazine rings is 1. The molecule has 0 atom stereocenters. The number of aromatic nitrogens is 2. The van der Waals surface area contributed by atoms with Gasteiger partial charge in [-0.15, -0.1) is 22.7 Å². The second-order valence-corrected chi connectivity index (χ2v) is 11.8. The zero-order chi connectivity index (χ0) is 27.3. The van der Waals surface area contributed by atoms with Gasteiger partial charge >= 0.3 is 0 Å². The first-order valence-corrected chi connectivity index (χ1v) is 15.0. The third-order valence-corrected chi connectivity index (χ3v) is 8.96. The molecule has 2 N–H and O–H groups in total. The van der Waals surface area contributed by atoms with Crippen molar-refractivity contribution < 1.29 is 4.79 Å². The van der Waals surface area contributed by atoms with E-state index in [1.165, 1.54) is 27.2 Å². The summed E-state index contributed by atoms with van der Waals surface area (Å²) < 4.78 is 0. The lowest BCUT2D eigenvalue weighted by Crippen LogP contribution is -2.45. The summed E-state index contributed by atoms with van der Waals surface area (Å²) in [6, 6.07) is 26.8. The summed E-state index contributed by atoms with van der Waals surface area (Å²) in [5.41, 5.74) is 4.70. The quantitative estimate of drug-likeness (QED) is 0.212. The highest BCUT2D eigenvalue weighted by atomic mass is 32.1. The summed E-state index contributed by atoms with van der Waals surface area (Å²) in [6.45, 7) is 6.66. The molecule has 0 bridgehead atoms. The monoisotopic (exact) mass is 566 g/mol. The van der Waals surface area contributed by atoms with Gasteiger partial charge in [-0.3, -0.25) is 9.69 Å². The van der Waals surface area contributed by atoms with Crippen molar-refractivity contribution in [1.29, 1.82) is 0 Å². The van der Waals surface area contributed by atoms with Crippen LogP contribution in [0.5, 0.6) is 0 Å². The van der Waals surface area contributed by atoms with E-state index in [0.717, 1.165) is 55.4 Å². The molecule has 0 saturated carbocycles. The van der Waals surface area contributed by atoms with E-state index in [1.54, 1.807) is 17.5 Å². The summed E-state index contributed by atoms with van der Waals surface area (Å²) in [6.07, 6.45) is 1.75. The average molecular weight is 567 g/mol. The Kier molecular flexibility index (Phi) is 7.85. The summed E-state index contributed by atoms with van der Waals surface area (Å²) in [4.78, 5) is 29.5. The number of benzene rings is 2. The van der Waals surface area contributed by atoms with E-state index in [9.17, 15) is 4.79 Å². The summed E-state index contributed by atoms with van der Waals surface area (Å²) >= 11 is 3.71. The standard InChI is InChI=1S/C31H30N6OS2/c1-22(38)33-24-6-4-23(5-7-24)28-14-15-32-31(35-28)34-25-8-10-26(11-9-25)37-18-16-36(17-19-37)21-27-12-13-30(40-27)29-3-2-20-39-29/h2-15,20H,16-19,21H2,1H3,(H,33,38)(H,32,34,35). The lowest BCUT2D eigenvalue weighted by Gasteiger charge is -2.36. The van der Waals surface area contributed by atoms with Crippen LogP contribution in [0.4, 0.5) is 23.0 Å². The van der Waals surface area contributed by atoms with Crippen LogP contribution < -0.4 is 15.5 Å². The van der Waals surface area contributed by atoms with Crippen molar-refractivity contribution in [2.75, 3.05) is 41.7 Å². The molecule has 7 nitrogen and oxygen atoms in total. The van der Waals surface area contributed by atoms with E-state index in [1.807, 2.05) is 41.7 Å². The predicted octanol–water partition coefficient (Wildman–Crippen LogP) is 6.96. The van der Waals surface area contributed by atoms with Crippen LogP contribution >= 0.6 is 22.7 Å².